The van der Waals surface area contributed by atoms with Crippen LogP contribution in [0.15, 0.2) is 16.7 Å². The molecule has 1 amide bonds. The monoisotopic (exact) mass is 273 g/mol. The van der Waals surface area contributed by atoms with Gasteiger partial charge in [0.25, 0.3) is 5.91 Å². The van der Waals surface area contributed by atoms with Gasteiger partial charge in [-0.1, -0.05) is 6.92 Å². The molecular weight excluding hydrogens is 258 g/mol. The van der Waals surface area contributed by atoms with Gasteiger partial charge in [-0.15, -0.1) is 0 Å². The zero-order chi connectivity index (χ0) is 11.3. The van der Waals surface area contributed by atoms with Crippen LogP contribution in [0.2, 0.25) is 0 Å². The fraction of sp³-hybridized carbons (Fsp3) is 0.500. The molecule has 1 aromatic rings. The summed E-state index contributed by atoms with van der Waals surface area (Å²) in [5.74, 6) is -0.0406. The van der Waals surface area contributed by atoms with Crippen LogP contribution in [0.1, 0.15) is 17.4 Å². The number of aromatic nitrogens is 1. The van der Waals surface area contributed by atoms with Crippen molar-refractivity contribution in [1.82, 2.24) is 15.2 Å². The van der Waals surface area contributed by atoms with Crippen LogP contribution < -0.4 is 10.6 Å². The fourth-order valence-electron chi connectivity index (χ4n) is 1.28. The Balaban J connectivity index is 2.43. The van der Waals surface area contributed by atoms with E-state index in [1.165, 1.54) is 0 Å². The number of likely N-dealkylation sites (N-methyl/N-ethyl adjacent to an activating group) is 1. The molecule has 84 valence electrons. The van der Waals surface area contributed by atoms with Crippen molar-refractivity contribution in [2.24, 2.45) is 7.05 Å². The lowest BCUT2D eigenvalue weighted by atomic mass is 10.4. The van der Waals surface area contributed by atoms with Crippen LogP contribution in [0.4, 0.5) is 0 Å². The van der Waals surface area contributed by atoms with Crippen molar-refractivity contribution in [2.45, 2.75) is 6.92 Å². The molecule has 2 N–H and O–H groups in total. The van der Waals surface area contributed by atoms with Gasteiger partial charge in [-0.25, -0.2) is 0 Å². The molecule has 0 aliphatic heterocycles. The van der Waals surface area contributed by atoms with Crippen LogP contribution in [-0.4, -0.2) is 30.1 Å². The third-order valence-electron chi connectivity index (χ3n) is 2.04. The Morgan fingerprint density at radius 1 is 1.53 bits per heavy atom. The molecule has 0 atom stereocenters. The third-order valence-corrected chi connectivity index (χ3v) is 2.48. The number of nitrogens with zero attached hydrogens (tertiary/aromatic N) is 1. The van der Waals surface area contributed by atoms with Crippen molar-refractivity contribution in [3.05, 3.63) is 22.4 Å². The van der Waals surface area contributed by atoms with Gasteiger partial charge in [0, 0.05) is 30.8 Å². The number of halogens is 1. The first-order chi connectivity index (χ1) is 7.15. The second-order valence-corrected chi connectivity index (χ2v) is 4.18. The Morgan fingerprint density at radius 2 is 2.27 bits per heavy atom. The molecule has 0 spiro atoms. The zero-order valence-corrected chi connectivity index (χ0v) is 10.6. The zero-order valence-electron chi connectivity index (χ0n) is 9.01. The van der Waals surface area contributed by atoms with Crippen LogP contribution in [0.25, 0.3) is 0 Å². The largest absolute Gasteiger partial charge is 0.349 e. The van der Waals surface area contributed by atoms with Crippen molar-refractivity contribution in [1.29, 1.82) is 0 Å². The summed E-state index contributed by atoms with van der Waals surface area (Å²) in [4.78, 5) is 11.7. The van der Waals surface area contributed by atoms with E-state index in [1.54, 1.807) is 4.57 Å². The SMILES string of the molecule is CCNCCNC(=O)c1cc(Br)cn1C. The minimum atomic E-state index is -0.0406. The first-order valence-corrected chi connectivity index (χ1v) is 5.75. The summed E-state index contributed by atoms with van der Waals surface area (Å²) in [5, 5.41) is 5.99. The van der Waals surface area contributed by atoms with E-state index >= 15 is 0 Å². The van der Waals surface area contributed by atoms with Gasteiger partial charge in [-0.3, -0.25) is 4.79 Å². The van der Waals surface area contributed by atoms with Gasteiger partial charge in [-0.05, 0) is 28.5 Å². The number of hydrogen-bond acceptors (Lipinski definition) is 2. The fourth-order valence-corrected chi connectivity index (χ4v) is 1.81. The predicted molar refractivity (Wildman–Crippen MR) is 64.0 cm³/mol. The molecule has 5 heteroatoms. The third kappa shape index (κ3) is 3.68. The number of amides is 1. The number of carbonyl (C=O) groups is 1. The van der Waals surface area contributed by atoms with Crippen molar-refractivity contribution >= 4 is 21.8 Å². The Morgan fingerprint density at radius 3 is 2.80 bits per heavy atom. The molecule has 0 bridgehead atoms. The van der Waals surface area contributed by atoms with Gasteiger partial charge in [0.1, 0.15) is 5.69 Å². The molecule has 0 aromatic carbocycles. The van der Waals surface area contributed by atoms with Gasteiger partial charge in [-0.2, -0.15) is 0 Å². The van der Waals surface area contributed by atoms with Crippen LogP contribution in [0, 0.1) is 0 Å². The number of rotatable bonds is 5. The van der Waals surface area contributed by atoms with Crippen molar-refractivity contribution < 1.29 is 4.79 Å². The Hall–Kier alpha value is -0.810. The minimum absolute atomic E-state index is 0.0406. The topological polar surface area (TPSA) is 46.1 Å². The molecule has 1 heterocycles. The maximum Gasteiger partial charge on any atom is 0.267 e. The maximum absolute atomic E-state index is 11.7. The molecule has 0 saturated carbocycles. The van der Waals surface area contributed by atoms with Crippen molar-refractivity contribution in [3.63, 3.8) is 0 Å². The summed E-state index contributed by atoms with van der Waals surface area (Å²) in [7, 11) is 1.85. The van der Waals surface area contributed by atoms with E-state index in [4.69, 9.17) is 0 Å². The molecule has 0 saturated heterocycles. The highest BCUT2D eigenvalue weighted by molar-refractivity contribution is 9.10. The number of hydrogen-bond donors (Lipinski definition) is 2. The summed E-state index contributed by atoms with van der Waals surface area (Å²) in [6, 6.07) is 1.81. The predicted octanol–water partition coefficient (Wildman–Crippen LogP) is 1.13. The Bertz CT molecular complexity index is 335. The van der Waals surface area contributed by atoms with E-state index < -0.39 is 0 Å². The summed E-state index contributed by atoms with van der Waals surface area (Å²) in [6.07, 6.45) is 1.86. The molecule has 0 radical (unpaired) electrons. The van der Waals surface area contributed by atoms with Crippen LogP contribution in [0.5, 0.6) is 0 Å². The second-order valence-electron chi connectivity index (χ2n) is 3.26. The number of nitrogens with one attached hydrogen (secondary N) is 2. The van der Waals surface area contributed by atoms with Gasteiger partial charge >= 0.3 is 0 Å². The lowest BCUT2D eigenvalue weighted by Gasteiger charge is -2.05. The van der Waals surface area contributed by atoms with Gasteiger partial charge < -0.3 is 15.2 Å². The van der Waals surface area contributed by atoms with E-state index in [0.717, 1.165) is 17.6 Å². The van der Waals surface area contributed by atoms with Gasteiger partial charge in [0.15, 0.2) is 0 Å². The Kier molecular flexibility index (Phi) is 4.84. The molecule has 1 aromatic heterocycles. The minimum Gasteiger partial charge on any atom is -0.349 e. The Labute approximate surface area is 98.2 Å². The summed E-state index contributed by atoms with van der Waals surface area (Å²) in [5.41, 5.74) is 0.665. The first kappa shape index (κ1) is 12.3. The lowest BCUT2D eigenvalue weighted by Crippen LogP contribution is -2.32. The first-order valence-electron chi connectivity index (χ1n) is 4.96. The standard InChI is InChI=1S/C10H16BrN3O/c1-3-12-4-5-13-10(15)9-6-8(11)7-14(9)2/h6-7,12H,3-5H2,1-2H3,(H,13,15). The molecule has 0 aliphatic carbocycles. The van der Waals surface area contributed by atoms with Gasteiger partial charge in [0.05, 0.1) is 0 Å². The van der Waals surface area contributed by atoms with E-state index in [9.17, 15) is 4.79 Å². The molecule has 0 unspecified atom stereocenters. The summed E-state index contributed by atoms with van der Waals surface area (Å²) < 4.78 is 2.72. The van der Waals surface area contributed by atoms with E-state index in [1.807, 2.05) is 26.2 Å². The van der Waals surface area contributed by atoms with Crippen LogP contribution >= 0.6 is 15.9 Å². The van der Waals surface area contributed by atoms with Gasteiger partial charge in [0.2, 0.25) is 0 Å². The molecule has 15 heavy (non-hydrogen) atoms. The number of aryl methyl sites for hydroxylation is 1. The molecule has 4 nitrogen and oxygen atoms in total. The average Bonchev–Trinajstić information content (AvgIpc) is 2.52. The maximum atomic E-state index is 11.7. The summed E-state index contributed by atoms with van der Waals surface area (Å²) in [6.45, 7) is 4.41. The molecule has 0 aliphatic rings. The summed E-state index contributed by atoms with van der Waals surface area (Å²) >= 11 is 3.33. The highest BCUT2D eigenvalue weighted by Gasteiger charge is 2.09. The quantitative estimate of drug-likeness (QED) is 0.791. The highest BCUT2D eigenvalue weighted by Crippen LogP contribution is 2.13. The van der Waals surface area contributed by atoms with Crippen molar-refractivity contribution in [3.8, 4) is 0 Å². The normalized spacial score (nSPS) is 10.3. The van der Waals surface area contributed by atoms with Crippen LogP contribution in [-0.2, 0) is 7.05 Å². The van der Waals surface area contributed by atoms with E-state index in [-0.39, 0.29) is 5.91 Å². The molecule has 0 fully saturated rings. The van der Waals surface area contributed by atoms with E-state index in [2.05, 4.69) is 26.6 Å². The highest BCUT2D eigenvalue weighted by atomic mass is 79.9. The molecule has 1 rings (SSSR count). The van der Waals surface area contributed by atoms with Crippen molar-refractivity contribution in [2.75, 3.05) is 19.6 Å². The number of carbonyl (C=O) groups excluding carboxylic acids is 1. The smallest absolute Gasteiger partial charge is 0.267 e. The lowest BCUT2D eigenvalue weighted by molar-refractivity contribution is 0.0946. The average molecular weight is 274 g/mol. The van der Waals surface area contributed by atoms with E-state index in [0.29, 0.717) is 12.2 Å². The molecular formula is C10H16BrN3O. The van der Waals surface area contributed by atoms with Crippen LogP contribution in [0.3, 0.4) is 0 Å². The second kappa shape index (κ2) is 5.92.